The Bertz CT molecular complexity index is 1560. The third-order valence-corrected chi connectivity index (χ3v) is 7.87. The van der Waals surface area contributed by atoms with E-state index in [1.54, 1.807) is 6.07 Å². The fourth-order valence-electron chi connectivity index (χ4n) is 5.76. The summed E-state index contributed by atoms with van der Waals surface area (Å²) in [7, 11) is 0. The summed E-state index contributed by atoms with van der Waals surface area (Å²) >= 11 is 0. The average Bonchev–Trinajstić information content (AvgIpc) is 3.49. The lowest BCUT2D eigenvalue weighted by molar-refractivity contribution is -0.147. The van der Waals surface area contributed by atoms with Gasteiger partial charge in [0.05, 0.1) is 11.5 Å². The van der Waals surface area contributed by atoms with Gasteiger partial charge >= 0.3 is 12.1 Å². The Labute approximate surface area is 223 Å². The van der Waals surface area contributed by atoms with Crippen molar-refractivity contribution >= 4 is 5.97 Å². The van der Waals surface area contributed by atoms with Gasteiger partial charge < -0.3 is 9.63 Å². The highest BCUT2D eigenvalue weighted by atomic mass is 19.4. The van der Waals surface area contributed by atoms with Gasteiger partial charge in [0.1, 0.15) is 0 Å². The van der Waals surface area contributed by atoms with Crippen LogP contribution in [0.3, 0.4) is 0 Å². The molecule has 1 aromatic heterocycles. The van der Waals surface area contributed by atoms with Crippen molar-refractivity contribution in [3.05, 3.63) is 82.4 Å². The van der Waals surface area contributed by atoms with Gasteiger partial charge in [0.15, 0.2) is 0 Å². The first-order chi connectivity index (χ1) is 18.6. The first-order valence-electron chi connectivity index (χ1n) is 12.8. The standard InChI is InChI=1S/C30H26F3N3O3/c1-16-8-21(9-17(2)26(16)18-4-3-5-24(11-18)30(31,32)33)28-34-27(35-39-28)19-6-7-20-14-36(15-23(20)10-19)25-12-22(13-25)29(37)38/h3-11,22,25H,12-15H2,1-2H3,(H,37,38). The van der Waals surface area contributed by atoms with Crippen molar-refractivity contribution in [2.75, 3.05) is 0 Å². The number of aromatic nitrogens is 2. The lowest BCUT2D eigenvalue weighted by atomic mass is 9.79. The molecule has 0 radical (unpaired) electrons. The van der Waals surface area contributed by atoms with Gasteiger partial charge in [0.25, 0.3) is 5.89 Å². The number of aryl methyl sites for hydroxylation is 2. The molecular formula is C30H26F3N3O3. The van der Waals surface area contributed by atoms with E-state index in [4.69, 9.17) is 9.63 Å². The number of halogens is 3. The van der Waals surface area contributed by atoms with Crippen LogP contribution in [0.4, 0.5) is 13.2 Å². The molecule has 1 aliphatic heterocycles. The smallest absolute Gasteiger partial charge is 0.416 e. The molecule has 4 aromatic rings. The van der Waals surface area contributed by atoms with Gasteiger partial charge in [-0.1, -0.05) is 29.4 Å². The number of carboxylic acid groups (broad SMARTS) is 1. The van der Waals surface area contributed by atoms with Crippen molar-refractivity contribution in [3.63, 3.8) is 0 Å². The summed E-state index contributed by atoms with van der Waals surface area (Å²) in [5, 5.41) is 13.4. The van der Waals surface area contributed by atoms with Crippen LogP contribution in [0.25, 0.3) is 34.0 Å². The Morgan fingerprint density at radius 1 is 0.949 bits per heavy atom. The maximum absolute atomic E-state index is 13.3. The molecule has 0 unspecified atom stereocenters. The second kappa shape index (κ2) is 9.34. The van der Waals surface area contributed by atoms with Gasteiger partial charge in [-0.05, 0) is 90.4 Å². The zero-order chi connectivity index (χ0) is 27.5. The lowest BCUT2D eigenvalue weighted by Gasteiger charge is -2.39. The molecule has 1 saturated carbocycles. The van der Waals surface area contributed by atoms with Crippen LogP contribution >= 0.6 is 0 Å². The van der Waals surface area contributed by atoms with Crippen LogP contribution in [-0.2, 0) is 24.1 Å². The Balaban J connectivity index is 1.22. The van der Waals surface area contributed by atoms with E-state index in [0.717, 1.165) is 41.4 Å². The molecule has 6 nitrogen and oxygen atoms in total. The highest BCUT2D eigenvalue weighted by Gasteiger charge is 2.39. The highest BCUT2D eigenvalue weighted by Crippen LogP contribution is 2.39. The maximum Gasteiger partial charge on any atom is 0.416 e. The van der Waals surface area contributed by atoms with Crippen LogP contribution in [0.2, 0.25) is 0 Å². The van der Waals surface area contributed by atoms with Crippen molar-refractivity contribution < 1.29 is 27.6 Å². The summed E-state index contributed by atoms with van der Waals surface area (Å²) in [6.07, 6.45) is -3.03. The second-order valence-electron chi connectivity index (χ2n) is 10.5. The number of fused-ring (bicyclic) bond motifs is 1. The molecular weight excluding hydrogens is 507 g/mol. The van der Waals surface area contributed by atoms with Crippen molar-refractivity contribution in [1.82, 2.24) is 15.0 Å². The van der Waals surface area contributed by atoms with Crippen LogP contribution in [0, 0.1) is 19.8 Å². The zero-order valence-corrected chi connectivity index (χ0v) is 21.4. The SMILES string of the molecule is Cc1cc(-c2nc(-c3ccc4c(c3)CN(C3CC(C(=O)O)C3)C4)no2)cc(C)c1-c1cccc(C(F)(F)F)c1. The van der Waals surface area contributed by atoms with Crippen molar-refractivity contribution in [3.8, 4) is 34.0 Å². The van der Waals surface area contributed by atoms with E-state index in [-0.39, 0.29) is 5.92 Å². The van der Waals surface area contributed by atoms with Gasteiger partial charge in [-0.25, -0.2) is 0 Å². The molecule has 1 N–H and O–H groups in total. The van der Waals surface area contributed by atoms with E-state index in [9.17, 15) is 18.0 Å². The molecule has 2 heterocycles. The Morgan fingerprint density at radius 3 is 2.36 bits per heavy atom. The fourth-order valence-corrected chi connectivity index (χ4v) is 5.76. The molecule has 0 saturated heterocycles. The Hall–Kier alpha value is -3.98. The summed E-state index contributed by atoms with van der Waals surface area (Å²) in [6.45, 7) is 5.29. The van der Waals surface area contributed by atoms with Crippen molar-refractivity contribution in [1.29, 1.82) is 0 Å². The number of hydrogen-bond donors (Lipinski definition) is 1. The molecule has 1 aliphatic carbocycles. The van der Waals surface area contributed by atoms with Gasteiger partial charge in [-0.3, -0.25) is 9.69 Å². The normalized spacial score (nSPS) is 19.1. The summed E-state index contributed by atoms with van der Waals surface area (Å²) in [6, 6.07) is 15.4. The molecule has 0 bridgehead atoms. The molecule has 0 spiro atoms. The predicted molar refractivity (Wildman–Crippen MR) is 138 cm³/mol. The summed E-state index contributed by atoms with van der Waals surface area (Å²) in [4.78, 5) is 18.1. The topological polar surface area (TPSA) is 79.5 Å². The van der Waals surface area contributed by atoms with Crippen LogP contribution in [0.15, 0.2) is 59.1 Å². The summed E-state index contributed by atoms with van der Waals surface area (Å²) < 4.78 is 45.3. The zero-order valence-electron chi connectivity index (χ0n) is 21.4. The fraction of sp³-hybridized carbons (Fsp3) is 0.300. The molecule has 39 heavy (non-hydrogen) atoms. The van der Waals surface area contributed by atoms with E-state index in [1.165, 1.54) is 23.3 Å². The quantitative estimate of drug-likeness (QED) is 0.301. The maximum atomic E-state index is 13.3. The molecule has 2 aliphatic rings. The van der Waals surface area contributed by atoms with Crippen molar-refractivity contribution in [2.24, 2.45) is 5.92 Å². The van der Waals surface area contributed by atoms with E-state index >= 15 is 0 Å². The van der Waals surface area contributed by atoms with Crippen LogP contribution in [0.1, 0.15) is 40.7 Å². The van der Waals surface area contributed by atoms with E-state index in [0.29, 0.717) is 41.7 Å². The Morgan fingerprint density at radius 2 is 1.67 bits per heavy atom. The van der Waals surface area contributed by atoms with Gasteiger partial charge in [-0.15, -0.1) is 0 Å². The number of aliphatic carboxylic acids is 1. The minimum absolute atomic E-state index is 0.238. The summed E-state index contributed by atoms with van der Waals surface area (Å²) in [5.74, 6) is -0.159. The number of hydrogen-bond acceptors (Lipinski definition) is 5. The first kappa shape index (κ1) is 25.3. The van der Waals surface area contributed by atoms with E-state index in [2.05, 4.69) is 27.2 Å². The molecule has 0 amide bonds. The third-order valence-electron chi connectivity index (χ3n) is 7.87. The second-order valence-corrected chi connectivity index (χ2v) is 10.5. The number of benzene rings is 3. The van der Waals surface area contributed by atoms with Gasteiger partial charge in [0.2, 0.25) is 5.82 Å². The highest BCUT2D eigenvalue weighted by molar-refractivity contribution is 5.75. The number of carbonyl (C=O) groups is 1. The molecule has 9 heteroatoms. The number of alkyl halides is 3. The molecule has 0 atom stereocenters. The lowest BCUT2D eigenvalue weighted by Crippen LogP contribution is -2.44. The molecule has 3 aromatic carbocycles. The third kappa shape index (κ3) is 4.71. The van der Waals surface area contributed by atoms with Crippen LogP contribution < -0.4 is 0 Å². The minimum Gasteiger partial charge on any atom is -0.481 e. The molecule has 6 rings (SSSR count). The molecule has 200 valence electrons. The van der Waals surface area contributed by atoms with Crippen molar-refractivity contribution in [2.45, 2.75) is 52.0 Å². The van der Waals surface area contributed by atoms with Gasteiger partial charge in [0, 0.05) is 30.3 Å². The van der Waals surface area contributed by atoms with Gasteiger partial charge in [-0.2, -0.15) is 18.2 Å². The monoisotopic (exact) mass is 533 g/mol. The largest absolute Gasteiger partial charge is 0.481 e. The number of carboxylic acids is 1. The average molecular weight is 534 g/mol. The minimum atomic E-state index is -4.41. The van der Waals surface area contributed by atoms with Crippen LogP contribution in [-0.4, -0.2) is 32.2 Å². The molecule has 1 fully saturated rings. The predicted octanol–water partition coefficient (Wildman–Crippen LogP) is 6.89. The van der Waals surface area contributed by atoms with E-state index < -0.39 is 17.7 Å². The van der Waals surface area contributed by atoms with E-state index in [1.807, 2.05) is 32.0 Å². The Kier molecular flexibility index (Phi) is 6.06. The van der Waals surface area contributed by atoms with Crippen LogP contribution in [0.5, 0.6) is 0 Å². The summed E-state index contributed by atoms with van der Waals surface area (Å²) in [5.41, 5.74) is 6.11. The first-order valence-corrected chi connectivity index (χ1v) is 12.8. The number of nitrogens with zero attached hydrogens (tertiary/aromatic N) is 3. The number of rotatable bonds is 5.